The minimum absolute atomic E-state index is 0.408. The van der Waals surface area contributed by atoms with E-state index in [0.717, 1.165) is 13.0 Å². The molecule has 0 unspecified atom stereocenters. The Morgan fingerprint density at radius 2 is 2.33 bits per heavy atom. The van der Waals surface area contributed by atoms with Crippen LogP contribution in [0, 0.1) is 11.3 Å². The highest BCUT2D eigenvalue weighted by molar-refractivity contribution is 6.30. The molecule has 0 atom stereocenters. The number of aromatic nitrogens is 2. The first-order valence-electron chi connectivity index (χ1n) is 5.63. The normalized spacial score (nSPS) is 10.1. The van der Waals surface area contributed by atoms with Crippen LogP contribution < -0.4 is 4.74 Å². The molecular formula is C13H12ClN3O. The fraction of sp³-hybridized carbons (Fsp3) is 0.231. The molecule has 0 spiro atoms. The first kappa shape index (κ1) is 12.5. The third-order valence-electron chi connectivity index (χ3n) is 2.35. The van der Waals surface area contributed by atoms with Gasteiger partial charge in [0.1, 0.15) is 11.8 Å². The van der Waals surface area contributed by atoms with Gasteiger partial charge in [0.2, 0.25) is 0 Å². The van der Waals surface area contributed by atoms with Gasteiger partial charge in [-0.25, -0.2) is 0 Å². The lowest BCUT2D eigenvalue weighted by Crippen LogP contribution is -1.95. The highest BCUT2D eigenvalue weighted by Gasteiger charge is 2.07. The van der Waals surface area contributed by atoms with Crippen LogP contribution in [-0.2, 0) is 6.54 Å². The maximum atomic E-state index is 9.00. The molecule has 1 heterocycles. The minimum Gasteiger partial charge on any atom is -0.453 e. The SMILES string of the molecule is CCCn1cc(Oc2ccc(Cl)cc2C#N)cn1. The molecule has 0 saturated carbocycles. The summed E-state index contributed by atoms with van der Waals surface area (Å²) in [5.41, 5.74) is 0.408. The van der Waals surface area contributed by atoms with E-state index in [-0.39, 0.29) is 0 Å². The Labute approximate surface area is 110 Å². The molecule has 4 nitrogen and oxygen atoms in total. The fourth-order valence-corrected chi connectivity index (χ4v) is 1.73. The Morgan fingerprint density at radius 3 is 3.06 bits per heavy atom. The van der Waals surface area contributed by atoms with Crippen LogP contribution in [-0.4, -0.2) is 9.78 Å². The van der Waals surface area contributed by atoms with Crippen molar-refractivity contribution in [1.82, 2.24) is 9.78 Å². The lowest BCUT2D eigenvalue weighted by Gasteiger charge is -2.04. The summed E-state index contributed by atoms with van der Waals surface area (Å²) in [6, 6.07) is 7.00. The number of nitriles is 1. The first-order chi connectivity index (χ1) is 8.72. The van der Waals surface area contributed by atoms with Gasteiger partial charge in [-0.15, -0.1) is 0 Å². The predicted octanol–water partition coefficient (Wildman–Crippen LogP) is 3.61. The fourth-order valence-electron chi connectivity index (χ4n) is 1.55. The van der Waals surface area contributed by atoms with E-state index in [1.807, 2.05) is 0 Å². The number of hydrogen-bond acceptors (Lipinski definition) is 3. The molecule has 0 N–H and O–H groups in total. The van der Waals surface area contributed by atoms with E-state index in [4.69, 9.17) is 21.6 Å². The summed E-state index contributed by atoms with van der Waals surface area (Å²) in [5, 5.41) is 13.7. The summed E-state index contributed by atoms with van der Waals surface area (Å²) in [6.07, 6.45) is 4.44. The maximum Gasteiger partial charge on any atom is 0.165 e. The van der Waals surface area contributed by atoms with Gasteiger partial charge in [-0.1, -0.05) is 18.5 Å². The zero-order valence-corrected chi connectivity index (χ0v) is 10.7. The predicted molar refractivity (Wildman–Crippen MR) is 68.8 cm³/mol. The van der Waals surface area contributed by atoms with Gasteiger partial charge in [0.05, 0.1) is 18.0 Å². The number of ether oxygens (including phenoxy) is 1. The van der Waals surface area contributed by atoms with Crippen LogP contribution in [0.1, 0.15) is 18.9 Å². The average Bonchev–Trinajstić information content (AvgIpc) is 2.79. The summed E-state index contributed by atoms with van der Waals surface area (Å²) in [7, 11) is 0. The van der Waals surface area contributed by atoms with Gasteiger partial charge in [-0.3, -0.25) is 4.68 Å². The standard InChI is InChI=1S/C13H12ClN3O/c1-2-5-17-9-12(8-16-17)18-13-4-3-11(14)6-10(13)7-15/h3-4,6,8-9H,2,5H2,1H3. The first-order valence-corrected chi connectivity index (χ1v) is 6.00. The molecule has 2 aromatic rings. The average molecular weight is 262 g/mol. The Balaban J connectivity index is 2.20. The van der Waals surface area contributed by atoms with Crippen LogP contribution in [0.2, 0.25) is 5.02 Å². The van der Waals surface area contributed by atoms with Crippen LogP contribution >= 0.6 is 11.6 Å². The van der Waals surface area contributed by atoms with Crippen molar-refractivity contribution in [3.05, 3.63) is 41.2 Å². The number of rotatable bonds is 4. The summed E-state index contributed by atoms with van der Waals surface area (Å²) in [6.45, 7) is 2.92. The Bertz CT molecular complexity index is 586. The number of halogens is 1. The highest BCUT2D eigenvalue weighted by atomic mass is 35.5. The van der Waals surface area contributed by atoms with Crippen molar-refractivity contribution in [1.29, 1.82) is 5.26 Å². The van der Waals surface area contributed by atoms with Gasteiger partial charge in [0.15, 0.2) is 5.75 Å². The summed E-state index contributed by atoms with van der Waals surface area (Å²) >= 11 is 5.82. The van der Waals surface area contributed by atoms with E-state index in [2.05, 4.69) is 18.1 Å². The zero-order chi connectivity index (χ0) is 13.0. The summed E-state index contributed by atoms with van der Waals surface area (Å²) in [5.74, 6) is 1.10. The van der Waals surface area contributed by atoms with Crippen LogP contribution in [0.5, 0.6) is 11.5 Å². The molecule has 0 aliphatic carbocycles. The van der Waals surface area contributed by atoms with E-state index < -0.39 is 0 Å². The molecule has 18 heavy (non-hydrogen) atoms. The molecule has 0 saturated heterocycles. The van der Waals surface area contributed by atoms with Crippen LogP contribution in [0.4, 0.5) is 0 Å². The molecule has 0 amide bonds. The van der Waals surface area contributed by atoms with Gasteiger partial charge in [-0.2, -0.15) is 10.4 Å². The topological polar surface area (TPSA) is 50.8 Å². The molecule has 0 radical (unpaired) electrons. The Hall–Kier alpha value is -1.99. The summed E-state index contributed by atoms with van der Waals surface area (Å²) in [4.78, 5) is 0. The second kappa shape index (κ2) is 5.56. The lowest BCUT2D eigenvalue weighted by atomic mass is 10.2. The van der Waals surface area contributed by atoms with Crippen molar-refractivity contribution in [2.75, 3.05) is 0 Å². The van der Waals surface area contributed by atoms with Crippen LogP contribution in [0.15, 0.2) is 30.6 Å². The second-order valence-corrected chi connectivity index (χ2v) is 4.23. The van der Waals surface area contributed by atoms with Crippen molar-refractivity contribution < 1.29 is 4.74 Å². The van der Waals surface area contributed by atoms with E-state index in [1.165, 1.54) is 0 Å². The molecular weight excluding hydrogens is 250 g/mol. The van der Waals surface area contributed by atoms with E-state index in [0.29, 0.717) is 22.1 Å². The van der Waals surface area contributed by atoms with Gasteiger partial charge in [0, 0.05) is 11.6 Å². The monoisotopic (exact) mass is 261 g/mol. The van der Waals surface area contributed by atoms with Crippen LogP contribution in [0.25, 0.3) is 0 Å². The van der Waals surface area contributed by atoms with Crippen molar-refractivity contribution in [2.24, 2.45) is 0 Å². The molecule has 0 bridgehead atoms. The number of benzene rings is 1. The molecule has 1 aromatic heterocycles. The number of hydrogen-bond donors (Lipinski definition) is 0. The Morgan fingerprint density at radius 1 is 1.50 bits per heavy atom. The largest absolute Gasteiger partial charge is 0.453 e. The van der Waals surface area contributed by atoms with E-state index >= 15 is 0 Å². The molecule has 5 heteroatoms. The van der Waals surface area contributed by atoms with E-state index in [1.54, 1.807) is 35.3 Å². The smallest absolute Gasteiger partial charge is 0.165 e. The van der Waals surface area contributed by atoms with Gasteiger partial charge < -0.3 is 4.74 Å². The Kier molecular flexibility index (Phi) is 3.85. The zero-order valence-electron chi connectivity index (χ0n) is 9.93. The van der Waals surface area contributed by atoms with Gasteiger partial charge in [0.25, 0.3) is 0 Å². The molecule has 0 aliphatic rings. The van der Waals surface area contributed by atoms with Gasteiger partial charge in [-0.05, 0) is 24.6 Å². The minimum atomic E-state index is 0.408. The molecule has 1 aromatic carbocycles. The molecule has 0 fully saturated rings. The van der Waals surface area contributed by atoms with Crippen molar-refractivity contribution in [2.45, 2.75) is 19.9 Å². The third kappa shape index (κ3) is 2.82. The second-order valence-electron chi connectivity index (χ2n) is 3.79. The van der Waals surface area contributed by atoms with Gasteiger partial charge >= 0.3 is 0 Å². The molecule has 0 aliphatic heterocycles. The molecule has 2 rings (SSSR count). The van der Waals surface area contributed by atoms with Crippen molar-refractivity contribution >= 4 is 11.6 Å². The number of aryl methyl sites for hydroxylation is 1. The highest BCUT2D eigenvalue weighted by Crippen LogP contribution is 2.27. The maximum absolute atomic E-state index is 9.00. The quantitative estimate of drug-likeness (QED) is 0.845. The number of nitrogens with zero attached hydrogens (tertiary/aromatic N) is 3. The summed E-state index contributed by atoms with van der Waals surface area (Å²) < 4.78 is 7.42. The molecule has 92 valence electrons. The van der Waals surface area contributed by atoms with Crippen molar-refractivity contribution in [3.8, 4) is 17.6 Å². The third-order valence-corrected chi connectivity index (χ3v) is 2.59. The van der Waals surface area contributed by atoms with E-state index in [9.17, 15) is 0 Å². The lowest BCUT2D eigenvalue weighted by molar-refractivity contribution is 0.479. The van der Waals surface area contributed by atoms with Crippen LogP contribution in [0.3, 0.4) is 0 Å². The van der Waals surface area contributed by atoms with Crippen molar-refractivity contribution in [3.63, 3.8) is 0 Å².